The molecule has 1 aromatic heterocycles. The zero-order valence-corrected chi connectivity index (χ0v) is 18.9. The minimum absolute atomic E-state index is 0.305. The lowest BCUT2D eigenvalue weighted by molar-refractivity contribution is -0.139. The van der Waals surface area contributed by atoms with Crippen molar-refractivity contribution < 1.29 is 28.3 Å². The predicted octanol–water partition coefficient (Wildman–Crippen LogP) is 5.07. The molecule has 0 fully saturated rings. The molecule has 0 aliphatic carbocycles. The quantitative estimate of drug-likeness (QED) is 0.321. The van der Waals surface area contributed by atoms with E-state index in [2.05, 4.69) is 10.1 Å². The zero-order chi connectivity index (χ0) is 23.8. The lowest BCUT2D eigenvalue weighted by Crippen LogP contribution is -2.24. The van der Waals surface area contributed by atoms with E-state index in [0.29, 0.717) is 54.7 Å². The van der Waals surface area contributed by atoms with Crippen LogP contribution >= 0.6 is 0 Å². The number of hydrogen-bond acceptors (Lipinski definition) is 6. The number of carboxylic acids is 1. The molecule has 174 valence electrons. The van der Waals surface area contributed by atoms with Crippen LogP contribution in [0.25, 0.3) is 11.5 Å². The molecule has 1 unspecified atom stereocenters. The predicted molar refractivity (Wildman–Crippen MR) is 122 cm³/mol. The number of hydrogen-bond donors (Lipinski definition) is 1. The maximum absolute atomic E-state index is 13.4. The number of rotatable bonds is 11. The van der Waals surface area contributed by atoms with Crippen LogP contribution in [0.1, 0.15) is 30.9 Å². The fraction of sp³-hybridized carbons (Fsp3) is 0.320. The van der Waals surface area contributed by atoms with Crippen LogP contribution in [0.3, 0.4) is 0 Å². The lowest BCUT2D eigenvalue weighted by Gasteiger charge is -2.12. The number of oxime groups is 1. The molecule has 33 heavy (non-hydrogen) atoms. The Balaban J connectivity index is 1.56. The highest BCUT2D eigenvalue weighted by Crippen LogP contribution is 2.23. The third-order valence-corrected chi connectivity index (χ3v) is 5.08. The van der Waals surface area contributed by atoms with Gasteiger partial charge in [0.1, 0.15) is 29.9 Å². The van der Waals surface area contributed by atoms with Crippen LogP contribution in [-0.2, 0) is 22.5 Å². The number of carboxylic acid groups (broad SMARTS) is 1. The number of benzene rings is 2. The second-order valence-corrected chi connectivity index (χ2v) is 7.52. The number of aliphatic carboxylic acids is 1. The minimum Gasteiger partial charge on any atom is -0.493 e. The van der Waals surface area contributed by atoms with Crippen LogP contribution in [-0.4, -0.2) is 35.0 Å². The molecular formula is C25H27FN2O5. The molecule has 0 spiro atoms. The van der Waals surface area contributed by atoms with Gasteiger partial charge in [0, 0.05) is 12.0 Å². The number of oxazole rings is 1. The number of halogens is 1. The van der Waals surface area contributed by atoms with Crippen molar-refractivity contribution in [3.63, 3.8) is 0 Å². The minimum atomic E-state index is -0.947. The Hall–Kier alpha value is -3.68. The molecule has 1 atom stereocenters. The van der Waals surface area contributed by atoms with Crippen molar-refractivity contribution in [2.24, 2.45) is 11.1 Å². The van der Waals surface area contributed by atoms with Crippen LogP contribution in [0, 0.1) is 18.7 Å². The average Bonchev–Trinajstić information content (AvgIpc) is 3.17. The number of carbonyl (C=O) groups is 1. The van der Waals surface area contributed by atoms with Gasteiger partial charge in [0.05, 0.1) is 18.0 Å². The highest BCUT2D eigenvalue weighted by molar-refractivity contribution is 6.00. The smallest absolute Gasteiger partial charge is 0.312 e. The zero-order valence-electron chi connectivity index (χ0n) is 18.9. The van der Waals surface area contributed by atoms with E-state index in [1.54, 1.807) is 38.1 Å². The maximum atomic E-state index is 13.4. The monoisotopic (exact) mass is 454 g/mol. The van der Waals surface area contributed by atoms with Crippen molar-refractivity contribution in [2.45, 2.75) is 33.6 Å². The molecule has 0 amide bonds. The summed E-state index contributed by atoms with van der Waals surface area (Å²) in [6.45, 7) is 6.02. The number of aryl methyl sites for hydroxylation is 1. The van der Waals surface area contributed by atoms with E-state index in [1.807, 2.05) is 19.1 Å². The van der Waals surface area contributed by atoms with E-state index in [1.165, 1.54) is 12.1 Å². The average molecular weight is 454 g/mol. The Bertz CT molecular complexity index is 1110. The van der Waals surface area contributed by atoms with Gasteiger partial charge in [-0.2, -0.15) is 0 Å². The molecule has 1 N–H and O–H groups in total. The van der Waals surface area contributed by atoms with Gasteiger partial charge >= 0.3 is 5.97 Å². The Labute approximate surface area is 191 Å². The largest absolute Gasteiger partial charge is 0.493 e. The van der Waals surface area contributed by atoms with Crippen molar-refractivity contribution in [1.82, 2.24) is 4.98 Å². The standard InChI is InChI=1S/C25H27FN2O5/c1-4-32-28-16(2)22(25(29)30)14-18-8-10-21(11-9-18)31-13-12-23-17(3)33-24(27-23)19-6-5-7-20(26)15-19/h5-11,15,22H,4,12-14H2,1-3H3,(H,29,30)/b28-16+. The maximum Gasteiger partial charge on any atom is 0.312 e. The summed E-state index contributed by atoms with van der Waals surface area (Å²) in [7, 11) is 0. The van der Waals surface area contributed by atoms with Crippen molar-refractivity contribution in [3.05, 3.63) is 71.4 Å². The number of nitrogens with zero attached hydrogens (tertiary/aromatic N) is 2. The van der Waals surface area contributed by atoms with Gasteiger partial charge in [-0.1, -0.05) is 23.4 Å². The molecule has 0 aliphatic rings. The van der Waals surface area contributed by atoms with E-state index < -0.39 is 11.9 Å². The first-order valence-corrected chi connectivity index (χ1v) is 10.7. The summed E-state index contributed by atoms with van der Waals surface area (Å²) in [5.41, 5.74) is 2.61. The summed E-state index contributed by atoms with van der Waals surface area (Å²) in [6, 6.07) is 13.4. The Morgan fingerprint density at radius 3 is 2.67 bits per heavy atom. The van der Waals surface area contributed by atoms with E-state index in [9.17, 15) is 14.3 Å². The second kappa shape index (κ2) is 11.3. The van der Waals surface area contributed by atoms with Gasteiger partial charge in [-0.05, 0) is 63.1 Å². The van der Waals surface area contributed by atoms with E-state index >= 15 is 0 Å². The van der Waals surface area contributed by atoms with Crippen LogP contribution in [0.4, 0.5) is 4.39 Å². The summed E-state index contributed by atoms with van der Waals surface area (Å²) in [6.07, 6.45) is 0.833. The van der Waals surface area contributed by atoms with Gasteiger partial charge in [0.15, 0.2) is 0 Å². The highest BCUT2D eigenvalue weighted by atomic mass is 19.1. The first-order chi connectivity index (χ1) is 15.9. The van der Waals surface area contributed by atoms with Crippen LogP contribution in [0.15, 0.2) is 58.1 Å². The SMILES string of the molecule is CCO/N=C(\C)C(Cc1ccc(OCCc2nc(-c3cccc(F)c3)oc2C)cc1)C(=O)O. The summed E-state index contributed by atoms with van der Waals surface area (Å²) in [4.78, 5) is 21.0. The molecule has 3 rings (SSSR count). The first-order valence-electron chi connectivity index (χ1n) is 10.7. The van der Waals surface area contributed by atoms with Crippen molar-refractivity contribution in [3.8, 4) is 17.2 Å². The third kappa shape index (κ3) is 6.65. The van der Waals surface area contributed by atoms with Crippen molar-refractivity contribution in [1.29, 1.82) is 0 Å². The summed E-state index contributed by atoms with van der Waals surface area (Å²) < 4.78 is 24.9. The molecule has 0 aliphatic heterocycles. The summed E-state index contributed by atoms with van der Waals surface area (Å²) >= 11 is 0. The molecule has 0 bridgehead atoms. The normalized spacial score (nSPS) is 12.4. The van der Waals surface area contributed by atoms with Gasteiger partial charge in [-0.3, -0.25) is 4.79 Å². The summed E-state index contributed by atoms with van der Waals surface area (Å²) in [5.74, 6) is -0.345. The number of aromatic nitrogens is 1. The summed E-state index contributed by atoms with van der Waals surface area (Å²) in [5, 5.41) is 13.4. The molecule has 8 heteroatoms. The van der Waals surface area contributed by atoms with Crippen LogP contribution in [0.2, 0.25) is 0 Å². The molecular weight excluding hydrogens is 427 g/mol. The van der Waals surface area contributed by atoms with E-state index in [0.717, 1.165) is 11.3 Å². The van der Waals surface area contributed by atoms with Crippen LogP contribution in [0.5, 0.6) is 5.75 Å². The third-order valence-electron chi connectivity index (χ3n) is 5.08. The fourth-order valence-corrected chi connectivity index (χ4v) is 3.27. The highest BCUT2D eigenvalue weighted by Gasteiger charge is 2.22. The molecule has 0 radical (unpaired) electrons. The van der Waals surface area contributed by atoms with Gasteiger partial charge in [0.2, 0.25) is 5.89 Å². The van der Waals surface area contributed by atoms with Gasteiger partial charge < -0.3 is 19.1 Å². The van der Waals surface area contributed by atoms with Crippen LogP contribution < -0.4 is 4.74 Å². The molecule has 0 saturated heterocycles. The van der Waals surface area contributed by atoms with Gasteiger partial charge in [-0.15, -0.1) is 0 Å². The Kier molecular flexibility index (Phi) is 8.18. The van der Waals surface area contributed by atoms with E-state index in [-0.39, 0.29) is 5.82 Å². The fourth-order valence-electron chi connectivity index (χ4n) is 3.27. The number of ether oxygens (including phenoxy) is 1. The van der Waals surface area contributed by atoms with Gasteiger partial charge in [0.25, 0.3) is 0 Å². The molecule has 0 saturated carbocycles. The Morgan fingerprint density at radius 2 is 2.00 bits per heavy atom. The lowest BCUT2D eigenvalue weighted by atomic mass is 9.95. The van der Waals surface area contributed by atoms with Crippen molar-refractivity contribution in [2.75, 3.05) is 13.2 Å². The molecule has 7 nitrogen and oxygen atoms in total. The molecule has 2 aromatic carbocycles. The van der Waals surface area contributed by atoms with E-state index in [4.69, 9.17) is 14.0 Å². The molecule has 3 aromatic rings. The van der Waals surface area contributed by atoms with Gasteiger partial charge in [-0.25, -0.2) is 9.37 Å². The molecule has 1 heterocycles. The second-order valence-electron chi connectivity index (χ2n) is 7.52. The van der Waals surface area contributed by atoms with Crippen molar-refractivity contribution >= 4 is 11.7 Å². The topological polar surface area (TPSA) is 94.2 Å². The Morgan fingerprint density at radius 1 is 1.24 bits per heavy atom. The first kappa shape index (κ1) is 24.0.